The second kappa shape index (κ2) is 11.5. The van der Waals surface area contributed by atoms with Gasteiger partial charge < -0.3 is 20.1 Å². The van der Waals surface area contributed by atoms with Gasteiger partial charge in [-0.2, -0.15) is 0 Å². The summed E-state index contributed by atoms with van der Waals surface area (Å²) in [6.07, 6.45) is 3.87. The van der Waals surface area contributed by atoms with Gasteiger partial charge in [0.1, 0.15) is 5.75 Å². The smallest absolute Gasteiger partial charge is 0.246 e. The van der Waals surface area contributed by atoms with Gasteiger partial charge in [-0.3, -0.25) is 9.59 Å². The standard InChI is InChI=1S/C26H32N2O4/c1-19(2)32-23-10-6-9-22(17-23)24(29)18-27-26(31)21-13-15-28(16-14-21)25(30)12-11-20-7-4-3-5-8-20/h3-12,17,19,21,24,29H,13-16,18H2,1-2H3,(H,27,31). The number of aliphatic hydroxyl groups excluding tert-OH is 1. The molecule has 0 aliphatic carbocycles. The SMILES string of the molecule is CC(C)Oc1cccc(C(O)CNC(=O)C2CCN(C(=O)C=Cc3ccccc3)CC2)c1. The molecule has 6 nitrogen and oxygen atoms in total. The summed E-state index contributed by atoms with van der Waals surface area (Å²) < 4.78 is 5.66. The van der Waals surface area contributed by atoms with E-state index in [-0.39, 0.29) is 30.4 Å². The van der Waals surface area contributed by atoms with Crippen LogP contribution in [0.5, 0.6) is 5.75 Å². The summed E-state index contributed by atoms with van der Waals surface area (Å²) in [5, 5.41) is 13.3. The van der Waals surface area contributed by atoms with Crippen LogP contribution in [0.1, 0.15) is 43.9 Å². The predicted molar refractivity (Wildman–Crippen MR) is 125 cm³/mol. The number of hydrogen-bond donors (Lipinski definition) is 2. The highest BCUT2D eigenvalue weighted by Crippen LogP contribution is 2.21. The Labute approximate surface area is 189 Å². The zero-order chi connectivity index (χ0) is 22.9. The first kappa shape index (κ1) is 23.5. The maximum atomic E-state index is 12.6. The van der Waals surface area contributed by atoms with Crippen LogP contribution in [-0.4, -0.2) is 47.6 Å². The van der Waals surface area contributed by atoms with Crippen LogP contribution in [0.2, 0.25) is 0 Å². The van der Waals surface area contributed by atoms with Crippen LogP contribution in [0.3, 0.4) is 0 Å². The van der Waals surface area contributed by atoms with Crippen LogP contribution in [0.25, 0.3) is 6.08 Å². The van der Waals surface area contributed by atoms with E-state index in [1.807, 2.05) is 68.5 Å². The van der Waals surface area contributed by atoms with E-state index >= 15 is 0 Å². The molecule has 1 saturated heterocycles. The zero-order valence-corrected chi connectivity index (χ0v) is 18.7. The maximum Gasteiger partial charge on any atom is 0.246 e. The zero-order valence-electron chi connectivity index (χ0n) is 18.7. The minimum absolute atomic E-state index is 0.0355. The van der Waals surface area contributed by atoms with Crippen LogP contribution >= 0.6 is 0 Å². The van der Waals surface area contributed by atoms with Gasteiger partial charge in [0.25, 0.3) is 0 Å². The number of piperidine rings is 1. The van der Waals surface area contributed by atoms with E-state index in [9.17, 15) is 14.7 Å². The summed E-state index contributed by atoms with van der Waals surface area (Å²) in [6, 6.07) is 17.0. The molecule has 2 amide bonds. The lowest BCUT2D eigenvalue weighted by molar-refractivity contribution is -0.132. The largest absolute Gasteiger partial charge is 0.491 e. The van der Waals surface area contributed by atoms with Gasteiger partial charge >= 0.3 is 0 Å². The van der Waals surface area contributed by atoms with E-state index in [1.165, 1.54) is 0 Å². The fourth-order valence-corrected chi connectivity index (χ4v) is 3.73. The number of carbonyl (C=O) groups is 2. The monoisotopic (exact) mass is 436 g/mol. The number of rotatable bonds is 8. The minimum Gasteiger partial charge on any atom is -0.491 e. The highest BCUT2D eigenvalue weighted by molar-refractivity contribution is 5.92. The van der Waals surface area contributed by atoms with Crippen molar-refractivity contribution in [2.45, 2.75) is 38.9 Å². The molecular formula is C26H32N2O4. The van der Waals surface area contributed by atoms with Crippen molar-refractivity contribution in [2.24, 2.45) is 5.92 Å². The number of aliphatic hydroxyl groups is 1. The van der Waals surface area contributed by atoms with Crippen molar-refractivity contribution in [1.29, 1.82) is 0 Å². The third-order valence-electron chi connectivity index (χ3n) is 5.48. The lowest BCUT2D eigenvalue weighted by Gasteiger charge is -2.30. The van der Waals surface area contributed by atoms with Crippen molar-refractivity contribution in [2.75, 3.05) is 19.6 Å². The van der Waals surface area contributed by atoms with E-state index in [0.29, 0.717) is 37.2 Å². The first-order valence-corrected chi connectivity index (χ1v) is 11.2. The number of carbonyl (C=O) groups excluding carboxylic acids is 2. The Morgan fingerprint density at radius 1 is 1.12 bits per heavy atom. The first-order chi connectivity index (χ1) is 15.4. The van der Waals surface area contributed by atoms with Crippen molar-refractivity contribution < 1.29 is 19.4 Å². The average Bonchev–Trinajstić information content (AvgIpc) is 2.81. The predicted octanol–water partition coefficient (Wildman–Crippen LogP) is 3.58. The summed E-state index contributed by atoms with van der Waals surface area (Å²) >= 11 is 0. The highest BCUT2D eigenvalue weighted by atomic mass is 16.5. The third-order valence-corrected chi connectivity index (χ3v) is 5.48. The molecule has 1 unspecified atom stereocenters. The summed E-state index contributed by atoms with van der Waals surface area (Å²) in [5.41, 5.74) is 1.68. The van der Waals surface area contributed by atoms with Gasteiger partial charge in [0.05, 0.1) is 12.2 Å². The number of nitrogens with one attached hydrogen (secondary N) is 1. The van der Waals surface area contributed by atoms with E-state index < -0.39 is 6.10 Å². The van der Waals surface area contributed by atoms with Crippen molar-refractivity contribution in [3.8, 4) is 5.75 Å². The number of nitrogens with zero attached hydrogens (tertiary/aromatic N) is 1. The lowest BCUT2D eigenvalue weighted by atomic mass is 9.95. The Bertz CT molecular complexity index is 918. The Hall–Kier alpha value is -3.12. The molecule has 1 aliphatic heterocycles. The number of hydrogen-bond acceptors (Lipinski definition) is 4. The molecule has 2 aromatic rings. The third kappa shape index (κ3) is 6.95. The van der Waals surface area contributed by atoms with Crippen molar-refractivity contribution in [1.82, 2.24) is 10.2 Å². The van der Waals surface area contributed by atoms with Gasteiger partial charge in [-0.15, -0.1) is 0 Å². The molecule has 6 heteroatoms. The van der Waals surface area contributed by atoms with Crippen molar-refractivity contribution in [3.63, 3.8) is 0 Å². The van der Waals surface area contributed by atoms with Crippen molar-refractivity contribution in [3.05, 3.63) is 71.8 Å². The van der Waals surface area contributed by atoms with Crippen LogP contribution in [0.15, 0.2) is 60.7 Å². The minimum atomic E-state index is -0.806. The molecule has 0 bridgehead atoms. The Balaban J connectivity index is 1.43. The number of likely N-dealkylation sites (tertiary alicyclic amines) is 1. The first-order valence-electron chi connectivity index (χ1n) is 11.2. The molecule has 1 aliphatic rings. The normalized spacial score (nSPS) is 15.7. The second-order valence-corrected chi connectivity index (χ2v) is 8.34. The van der Waals surface area contributed by atoms with Crippen molar-refractivity contribution >= 4 is 17.9 Å². The molecule has 32 heavy (non-hydrogen) atoms. The molecule has 3 rings (SSSR count). The quantitative estimate of drug-likeness (QED) is 0.620. The van der Waals surface area contributed by atoms with E-state index in [1.54, 1.807) is 17.0 Å². The van der Waals surface area contributed by atoms with Crippen LogP contribution < -0.4 is 10.1 Å². The van der Waals surface area contributed by atoms with Gasteiger partial charge in [-0.05, 0) is 56.0 Å². The summed E-state index contributed by atoms with van der Waals surface area (Å²) in [7, 11) is 0. The molecule has 1 fully saturated rings. The number of amides is 2. The summed E-state index contributed by atoms with van der Waals surface area (Å²) in [6.45, 7) is 5.13. The average molecular weight is 437 g/mol. The molecule has 1 heterocycles. The summed E-state index contributed by atoms with van der Waals surface area (Å²) in [4.78, 5) is 26.8. The van der Waals surface area contributed by atoms with E-state index in [2.05, 4.69) is 5.32 Å². The Morgan fingerprint density at radius 2 is 1.84 bits per heavy atom. The van der Waals surface area contributed by atoms with Gasteiger partial charge in [0, 0.05) is 31.6 Å². The topological polar surface area (TPSA) is 78.9 Å². The number of ether oxygens (including phenoxy) is 1. The Morgan fingerprint density at radius 3 is 2.53 bits per heavy atom. The molecular weight excluding hydrogens is 404 g/mol. The molecule has 1 atom stereocenters. The molecule has 0 aromatic heterocycles. The van der Waals surface area contributed by atoms with Gasteiger partial charge in [-0.1, -0.05) is 42.5 Å². The van der Waals surface area contributed by atoms with E-state index in [4.69, 9.17) is 4.74 Å². The van der Waals surface area contributed by atoms with Gasteiger partial charge in [0.15, 0.2) is 0 Å². The molecule has 0 radical (unpaired) electrons. The fraction of sp³-hybridized carbons (Fsp3) is 0.385. The second-order valence-electron chi connectivity index (χ2n) is 8.34. The fourth-order valence-electron chi connectivity index (χ4n) is 3.73. The Kier molecular flexibility index (Phi) is 8.45. The molecule has 170 valence electrons. The number of benzene rings is 2. The molecule has 0 saturated carbocycles. The molecule has 2 aromatic carbocycles. The van der Waals surface area contributed by atoms with Crippen LogP contribution in [0, 0.1) is 5.92 Å². The molecule has 0 spiro atoms. The van der Waals surface area contributed by atoms with Gasteiger partial charge in [0.2, 0.25) is 11.8 Å². The lowest BCUT2D eigenvalue weighted by Crippen LogP contribution is -2.43. The molecule has 2 N–H and O–H groups in total. The maximum absolute atomic E-state index is 12.6. The van der Waals surface area contributed by atoms with E-state index in [0.717, 1.165) is 5.56 Å². The van der Waals surface area contributed by atoms with Gasteiger partial charge in [-0.25, -0.2) is 0 Å². The van der Waals surface area contributed by atoms with Crippen LogP contribution in [-0.2, 0) is 9.59 Å². The van der Waals surface area contributed by atoms with Crippen LogP contribution in [0.4, 0.5) is 0 Å². The highest BCUT2D eigenvalue weighted by Gasteiger charge is 2.26. The summed E-state index contributed by atoms with van der Waals surface area (Å²) in [5.74, 6) is 0.429.